The van der Waals surface area contributed by atoms with Crippen molar-refractivity contribution in [2.75, 3.05) is 0 Å². The van der Waals surface area contributed by atoms with Gasteiger partial charge in [0.2, 0.25) is 5.88 Å². The Morgan fingerprint density at radius 3 is 2.42 bits per heavy atom. The van der Waals surface area contributed by atoms with Gasteiger partial charge in [0, 0.05) is 7.05 Å². The lowest BCUT2D eigenvalue weighted by molar-refractivity contribution is 0.0696. The van der Waals surface area contributed by atoms with Crippen molar-refractivity contribution >= 4 is 11.9 Å². The number of benzene rings is 2. The number of ether oxygens (including phenoxy) is 1. The molecule has 0 aliphatic rings. The summed E-state index contributed by atoms with van der Waals surface area (Å²) >= 11 is 0. The predicted molar refractivity (Wildman–Crippen MR) is 118 cm³/mol. The molecule has 0 aliphatic carbocycles. The second-order valence-electron chi connectivity index (χ2n) is 7.66. The summed E-state index contributed by atoms with van der Waals surface area (Å²) in [5, 5.41) is 15.5. The fourth-order valence-corrected chi connectivity index (χ4v) is 3.48. The summed E-state index contributed by atoms with van der Waals surface area (Å²) in [5.74, 6) is -1.53. The van der Waals surface area contributed by atoms with Crippen molar-refractivity contribution in [2.24, 2.45) is 7.05 Å². The third kappa shape index (κ3) is 5.19. The largest absolute Gasteiger partial charge is 0.478 e. The molecule has 0 radical (unpaired) electrons. The van der Waals surface area contributed by atoms with Gasteiger partial charge in [0.25, 0.3) is 12.3 Å². The number of carboxylic acids is 1. The van der Waals surface area contributed by atoms with E-state index in [-0.39, 0.29) is 17.0 Å². The number of carboxylic acid groups (broad SMARTS) is 1. The minimum absolute atomic E-state index is 0.0952. The molecule has 9 heteroatoms. The van der Waals surface area contributed by atoms with Crippen LogP contribution in [0.15, 0.2) is 42.5 Å². The van der Waals surface area contributed by atoms with E-state index in [0.717, 1.165) is 22.2 Å². The highest BCUT2D eigenvalue weighted by Crippen LogP contribution is 2.33. The van der Waals surface area contributed by atoms with Crippen LogP contribution in [0.4, 0.5) is 8.78 Å². The Hall–Kier alpha value is -3.75. The maximum atomic E-state index is 13.7. The van der Waals surface area contributed by atoms with Crippen molar-refractivity contribution in [3.05, 3.63) is 76.0 Å². The minimum Gasteiger partial charge on any atom is -0.478 e. The van der Waals surface area contributed by atoms with E-state index in [1.807, 2.05) is 19.9 Å². The normalized spacial score (nSPS) is 12.0. The van der Waals surface area contributed by atoms with Gasteiger partial charge >= 0.3 is 5.97 Å². The molecule has 0 bridgehead atoms. The number of nitrogens with zero attached hydrogens (tertiary/aromatic N) is 2. The van der Waals surface area contributed by atoms with Gasteiger partial charge < -0.3 is 15.2 Å². The minimum atomic E-state index is -2.98. The third-order valence-electron chi connectivity index (χ3n) is 5.38. The number of hydrogen-bond donors (Lipinski definition) is 2. The maximum Gasteiger partial charge on any atom is 0.335 e. The number of hydrogen-bond acceptors (Lipinski definition) is 4. The zero-order valence-corrected chi connectivity index (χ0v) is 18.7. The van der Waals surface area contributed by atoms with Crippen molar-refractivity contribution in [1.29, 1.82) is 0 Å². The van der Waals surface area contributed by atoms with Crippen molar-refractivity contribution in [3.63, 3.8) is 0 Å². The number of carbonyl (C=O) groups is 2. The smallest absolute Gasteiger partial charge is 0.335 e. The second kappa shape index (κ2) is 9.81. The van der Waals surface area contributed by atoms with Crippen LogP contribution in [0.1, 0.15) is 69.4 Å². The lowest BCUT2D eigenvalue weighted by atomic mass is 10.1. The molecule has 2 aromatic carbocycles. The second-order valence-corrected chi connectivity index (χ2v) is 7.66. The van der Waals surface area contributed by atoms with Gasteiger partial charge in [-0.05, 0) is 61.2 Å². The van der Waals surface area contributed by atoms with E-state index in [2.05, 4.69) is 10.4 Å². The van der Waals surface area contributed by atoms with Gasteiger partial charge in [-0.1, -0.05) is 25.1 Å². The number of aromatic carboxylic acids is 1. The Bertz CT molecular complexity index is 1170. The molecular weight excluding hydrogens is 432 g/mol. The lowest BCUT2D eigenvalue weighted by Gasteiger charge is -2.16. The number of alkyl halides is 2. The van der Waals surface area contributed by atoms with Crippen molar-refractivity contribution in [2.45, 2.75) is 39.7 Å². The Labute approximate surface area is 190 Å². The average Bonchev–Trinajstić information content (AvgIpc) is 3.11. The Morgan fingerprint density at radius 1 is 1.18 bits per heavy atom. The van der Waals surface area contributed by atoms with E-state index >= 15 is 0 Å². The van der Waals surface area contributed by atoms with Crippen LogP contribution in [0, 0.1) is 6.92 Å². The van der Waals surface area contributed by atoms with Gasteiger partial charge in [-0.3, -0.25) is 4.79 Å². The molecule has 0 fully saturated rings. The molecule has 7 nitrogen and oxygen atoms in total. The molecule has 3 aromatic rings. The van der Waals surface area contributed by atoms with Gasteiger partial charge in [0.15, 0.2) is 0 Å². The van der Waals surface area contributed by atoms with Crippen LogP contribution < -0.4 is 10.1 Å². The number of halogens is 2. The summed E-state index contributed by atoms with van der Waals surface area (Å²) in [7, 11) is 1.43. The molecule has 1 heterocycles. The Balaban J connectivity index is 1.92. The first-order valence-corrected chi connectivity index (χ1v) is 10.4. The quantitative estimate of drug-likeness (QED) is 0.484. The number of rotatable bonds is 8. The van der Waals surface area contributed by atoms with E-state index in [4.69, 9.17) is 9.84 Å². The molecule has 1 amide bonds. The van der Waals surface area contributed by atoms with Gasteiger partial charge in [0.05, 0.1) is 11.6 Å². The van der Waals surface area contributed by atoms with Crippen LogP contribution in [0.2, 0.25) is 0 Å². The first-order valence-electron chi connectivity index (χ1n) is 10.4. The molecule has 1 aromatic heterocycles. The lowest BCUT2D eigenvalue weighted by Crippen LogP contribution is -2.27. The molecule has 0 saturated carbocycles. The summed E-state index contributed by atoms with van der Waals surface area (Å²) in [6, 6.07) is 10.7. The van der Waals surface area contributed by atoms with Crippen LogP contribution >= 0.6 is 0 Å². The van der Waals surface area contributed by atoms with E-state index in [9.17, 15) is 18.4 Å². The third-order valence-corrected chi connectivity index (χ3v) is 5.38. The topological polar surface area (TPSA) is 93.4 Å². The van der Waals surface area contributed by atoms with Crippen molar-refractivity contribution in [3.8, 4) is 11.6 Å². The number of nitrogens with one attached hydrogen (secondary N) is 1. The van der Waals surface area contributed by atoms with E-state index in [0.29, 0.717) is 11.3 Å². The summed E-state index contributed by atoms with van der Waals surface area (Å²) in [5.41, 5.74) is 1.80. The number of aryl methyl sites for hydroxylation is 3. The average molecular weight is 457 g/mol. The summed E-state index contributed by atoms with van der Waals surface area (Å²) in [6.07, 6.45) is -2.22. The molecule has 3 rings (SSSR count). The Morgan fingerprint density at radius 2 is 1.85 bits per heavy atom. The molecule has 1 unspecified atom stereocenters. The van der Waals surface area contributed by atoms with Crippen molar-refractivity contribution < 1.29 is 28.2 Å². The zero-order valence-electron chi connectivity index (χ0n) is 18.7. The fourth-order valence-electron chi connectivity index (χ4n) is 3.48. The van der Waals surface area contributed by atoms with E-state index < -0.39 is 30.0 Å². The van der Waals surface area contributed by atoms with Gasteiger partial charge in [-0.15, -0.1) is 0 Å². The highest BCUT2D eigenvalue weighted by atomic mass is 19.3. The van der Waals surface area contributed by atoms with E-state index in [1.54, 1.807) is 31.2 Å². The van der Waals surface area contributed by atoms with Crippen LogP contribution in [-0.4, -0.2) is 26.8 Å². The zero-order chi connectivity index (χ0) is 24.3. The summed E-state index contributed by atoms with van der Waals surface area (Å²) < 4.78 is 34.4. The van der Waals surface area contributed by atoms with Crippen LogP contribution in [0.3, 0.4) is 0 Å². The molecule has 0 saturated heterocycles. The first kappa shape index (κ1) is 23.9. The highest BCUT2D eigenvalue weighted by molar-refractivity contribution is 5.98. The maximum absolute atomic E-state index is 13.7. The summed E-state index contributed by atoms with van der Waals surface area (Å²) in [4.78, 5) is 24.1. The predicted octanol–water partition coefficient (Wildman–Crippen LogP) is 5.21. The van der Waals surface area contributed by atoms with Crippen LogP contribution in [0.5, 0.6) is 11.6 Å². The monoisotopic (exact) mass is 457 g/mol. The van der Waals surface area contributed by atoms with Gasteiger partial charge in [0.1, 0.15) is 17.0 Å². The van der Waals surface area contributed by atoms with Gasteiger partial charge in [-0.2, -0.15) is 5.10 Å². The first-order chi connectivity index (χ1) is 15.6. The molecule has 33 heavy (non-hydrogen) atoms. The fraction of sp³-hybridized carbons (Fsp3) is 0.292. The molecule has 0 spiro atoms. The highest BCUT2D eigenvalue weighted by Gasteiger charge is 2.30. The van der Waals surface area contributed by atoms with Crippen LogP contribution in [0.25, 0.3) is 0 Å². The molecular formula is C24H25F2N3O4. The molecule has 174 valence electrons. The van der Waals surface area contributed by atoms with Crippen molar-refractivity contribution in [1.82, 2.24) is 15.1 Å². The number of amides is 1. The van der Waals surface area contributed by atoms with Crippen LogP contribution in [-0.2, 0) is 13.5 Å². The molecule has 0 aliphatic heterocycles. The van der Waals surface area contributed by atoms with Gasteiger partial charge in [-0.25, -0.2) is 18.3 Å². The molecule has 1 atom stereocenters. The molecule has 2 N–H and O–H groups in total. The van der Waals surface area contributed by atoms with E-state index in [1.165, 1.54) is 19.2 Å². The Kier molecular flexibility index (Phi) is 7.10. The number of aromatic nitrogens is 2. The summed E-state index contributed by atoms with van der Waals surface area (Å²) in [6.45, 7) is 5.62. The SMILES string of the molecule is CCc1cc(Oc2c(C(=O)NC(C)c3ccc(C(=O)O)cc3)c(C(F)F)nn2C)ccc1C. The standard InChI is InChI=1S/C24H25F2N3O4/c1-5-15-12-18(11-6-13(15)2)33-23-19(20(21(25)26)28-29(23)4)22(30)27-14(3)16-7-9-17(10-8-16)24(31)32/h6-12,14,21H,5H2,1-4H3,(H,27,30)(H,31,32). The number of carbonyl (C=O) groups excluding carboxylic acids is 1.